The van der Waals surface area contributed by atoms with Crippen LogP contribution in [0.4, 0.5) is 0 Å². The molecule has 2 aliphatic rings. The Labute approximate surface area is 251 Å². The molecule has 7 aromatic rings. The monoisotopic (exact) mass is 553 g/mol. The zero-order valence-electron chi connectivity index (χ0n) is 24.8. The van der Waals surface area contributed by atoms with Gasteiger partial charge in [-0.1, -0.05) is 125 Å². The quantitative estimate of drug-likeness (QED) is 0.213. The molecule has 0 atom stereocenters. The molecule has 2 aliphatic carbocycles. The molecule has 43 heavy (non-hydrogen) atoms. The van der Waals surface area contributed by atoms with Gasteiger partial charge in [-0.15, -0.1) is 0 Å². The van der Waals surface area contributed by atoms with E-state index in [0.29, 0.717) is 0 Å². The highest BCUT2D eigenvalue weighted by Gasteiger charge is 2.41. The van der Waals surface area contributed by atoms with E-state index >= 15 is 0 Å². The zero-order chi connectivity index (χ0) is 29.1. The van der Waals surface area contributed by atoms with Crippen LogP contribution in [0.2, 0.25) is 0 Å². The highest BCUT2D eigenvalue weighted by Crippen LogP contribution is 2.53. The Balaban J connectivity index is 1.44. The molecule has 0 saturated carbocycles. The third-order valence-corrected chi connectivity index (χ3v) is 9.99. The molecule has 0 N–H and O–H groups in total. The Morgan fingerprint density at radius 2 is 1.16 bits per heavy atom. The highest BCUT2D eigenvalue weighted by molar-refractivity contribution is 6.11. The lowest BCUT2D eigenvalue weighted by Gasteiger charge is -2.25. The maximum absolute atomic E-state index is 5.46. The number of hydrogen-bond donors (Lipinski definition) is 0. The Morgan fingerprint density at radius 1 is 0.512 bits per heavy atom. The van der Waals surface area contributed by atoms with Gasteiger partial charge in [-0.3, -0.25) is 4.57 Å². The van der Waals surface area contributed by atoms with Crippen molar-refractivity contribution < 1.29 is 0 Å². The summed E-state index contributed by atoms with van der Waals surface area (Å²) in [5, 5.41) is 2.49. The third kappa shape index (κ3) is 3.14. The lowest BCUT2D eigenvalue weighted by Crippen LogP contribution is -2.20. The van der Waals surface area contributed by atoms with Crippen LogP contribution in [-0.4, -0.2) is 14.5 Å². The first kappa shape index (κ1) is 24.6. The van der Waals surface area contributed by atoms with E-state index in [-0.39, 0.29) is 10.8 Å². The Kier molecular flexibility index (Phi) is 4.74. The molecule has 2 heterocycles. The van der Waals surface area contributed by atoms with Gasteiger partial charge in [0.05, 0.1) is 16.7 Å². The fourth-order valence-corrected chi connectivity index (χ4v) is 7.86. The van der Waals surface area contributed by atoms with Gasteiger partial charge in [0, 0.05) is 38.3 Å². The first-order valence-corrected chi connectivity index (χ1v) is 15.1. The first-order valence-electron chi connectivity index (χ1n) is 15.1. The summed E-state index contributed by atoms with van der Waals surface area (Å²) in [6.45, 7) is 9.34. The van der Waals surface area contributed by atoms with Crippen molar-refractivity contribution in [2.24, 2.45) is 0 Å². The molecular formula is C40H31N3. The van der Waals surface area contributed by atoms with Crippen LogP contribution in [0.25, 0.3) is 61.4 Å². The summed E-state index contributed by atoms with van der Waals surface area (Å²) < 4.78 is 2.42. The topological polar surface area (TPSA) is 30.7 Å². The van der Waals surface area contributed by atoms with Crippen molar-refractivity contribution in [3.8, 4) is 39.6 Å². The number of rotatable bonds is 2. The van der Waals surface area contributed by atoms with Crippen molar-refractivity contribution in [3.05, 3.63) is 138 Å². The summed E-state index contributed by atoms with van der Waals surface area (Å²) in [6, 6.07) is 41.7. The van der Waals surface area contributed by atoms with E-state index in [2.05, 4.69) is 141 Å². The average Bonchev–Trinajstić information content (AvgIpc) is 3.57. The Bertz CT molecular complexity index is 2290. The summed E-state index contributed by atoms with van der Waals surface area (Å²) in [7, 11) is 0. The molecule has 206 valence electrons. The fourth-order valence-electron chi connectivity index (χ4n) is 7.86. The molecule has 9 rings (SSSR count). The summed E-state index contributed by atoms with van der Waals surface area (Å²) in [5.74, 6) is 1.71. The number of benzene rings is 5. The van der Waals surface area contributed by atoms with Crippen molar-refractivity contribution in [2.75, 3.05) is 0 Å². The fraction of sp³-hybridized carbons (Fsp3) is 0.150. The predicted octanol–water partition coefficient (Wildman–Crippen LogP) is 9.85. The number of para-hydroxylation sites is 1. The van der Waals surface area contributed by atoms with Gasteiger partial charge in [0.2, 0.25) is 0 Å². The average molecular weight is 554 g/mol. The predicted molar refractivity (Wildman–Crippen MR) is 177 cm³/mol. The molecule has 0 fully saturated rings. The highest BCUT2D eigenvalue weighted by atomic mass is 15.1. The van der Waals surface area contributed by atoms with Gasteiger partial charge in [-0.2, -0.15) is 0 Å². The minimum atomic E-state index is -0.263. The second-order valence-corrected chi connectivity index (χ2v) is 13.1. The van der Waals surface area contributed by atoms with E-state index in [1.165, 1.54) is 60.8 Å². The van der Waals surface area contributed by atoms with Crippen LogP contribution < -0.4 is 0 Å². The summed E-state index contributed by atoms with van der Waals surface area (Å²) >= 11 is 0. The van der Waals surface area contributed by atoms with Crippen LogP contribution in [0.15, 0.2) is 115 Å². The summed E-state index contributed by atoms with van der Waals surface area (Å²) in [5.41, 5.74) is 13.1. The van der Waals surface area contributed by atoms with E-state index in [0.717, 1.165) is 22.9 Å². The number of hydrogen-bond acceptors (Lipinski definition) is 2. The molecule has 0 spiro atoms. The van der Waals surface area contributed by atoms with Crippen LogP contribution in [0.5, 0.6) is 0 Å². The van der Waals surface area contributed by atoms with Gasteiger partial charge in [-0.05, 0) is 46.0 Å². The molecule has 0 aliphatic heterocycles. The summed E-state index contributed by atoms with van der Waals surface area (Å²) in [6.07, 6.45) is 0. The molecule has 0 amide bonds. The van der Waals surface area contributed by atoms with E-state index in [1.54, 1.807) is 0 Å². The van der Waals surface area contributed by atoms with E-state index < -0.39 is 0 Å². The minimum absolute atomic E-state index is 0.0975. The van der Waals surface area contributed by atoms with Gasteiger partial charge in [0.25, 0.3) is 0 Å². The number of nitrogens with zero attached hydrogens (tertiary/aromatic N) is 3. The lowest BCUT2D eigenvalue weighted by atomic mass is 9.82. The lowest BCUT2D eigenvalue weighted by molar-refractivity contribution is 0.650. The molecule has 3 heteroatoms. The molecule has 5 aromatic carbocycles. The standard InChI is InChI=1S/C40H31N3/c1-39(2)30-19-11-8-16-25(30)28-22-29-26-17-10-13-21-33(26)43(34(29)23-32(28)39)38-35-36(27-18-9-12-20-31(27)40(35,3)4)41-37(42-38)24-14-6-5-7-15-24/h5-23H,1-4H3. The zero-order valence-corrected chi connectivity index (χ0v) is 24.8. The van der Waals surface area contributed by atoms with Crippen molar-refractivity contribution in [1.29, 1.82) is 0 Å². The van der Waals surface area contributed by atoms with E-state index in [1.807, 2.05) is 6.07 Å². The van der Waals surface area contributed by atoms with Gasteiger partial charge in [0.1, 0.15) is 5.82 Å². The number of fused-ring (bicyclic) bond motifs is 9. The van der Waals surface area contributed by atoms with Crippen LogP contribution in [0, 0.1) is 0 Å². The molecule has 0 radical (unpaired) electrons. The first-order chi connectivity index (χ1) is 20.9. The second-order valence-electron chi connectivity index (χ2n) is 13.1. The largest absolute Gasteiger partial charge is 0.293 e. The van der Waals surface area contributed by atoms with Gasteiger partial charge in [-0.25, -0.2) is 9.97 Å². The van der Waals surface area contributed by atoms with E-state index in [4.69, 9.17) is 9.97 Å². The molecule has 0 unspecified atom stereocenters. The molecule has 0 saturated heterocycles. The number of aromatic nitrogens is 3. The van der Waals surface area contributed by atoms with Crippen molar-refractivity contribution in [3.63, 3.8) is 0 Å². The minimum Gasteiger partial charge on any atom is -0.293 e. The maximum atomic E-state index is 5.46. The SMILES string of the molecule is CC1(C)c2ccccc2-c2cc3c4ccccc4n(-c4nc(-c5ccccc5)nc5c4C(C)(C)c4ccccc4-5)c3cc21. The van der Waals surface area contributed by atoms with Gasteiger partial charge < -0.3 is 0 Å². The van der Waals surface area contributed by atoms with Crippen molar-refractivity contribution in [1.82, 2.24) is 14.5 Å². The van der Waals surface area contributed by atoms with Crippen molar-refractivity contribution in [2.45, 2.75) is 38.5 Å². The van der Waals surface area contributed by atoms with Crippen LogP contribution in [-0.2, 0) is 10.8 Å². The molecule has 0 bridgehead atoms. The smallest absolute Gasteiger partial charge is 0.162 e. The van der Waals surface area contributed by atoms with Crippen LogP contribution >= 0.6 is 0 Å². The second kappa shape index (κ2) is 8.29. The normalized spacial score (nSPS) is 15.3. The Hall–Kier alpha value is -5.02. The third-order valence-electron chi connectivity index (χ3n) is 9.99. The van der Waals surface area contributed by atoms with E-state index in [9.17, 15) is 0 Å². The van der Waals surface area contributed by atoms with Crippen molar-refractivity contribution >= 4 is 21.8 Å². The van der Waals surface area contributed by atoms with Gasteiger partial charge >= 0.3 is 0 Å². The van der Waals surface area contributed by atoms with Gasteiger partial charge in [0.15, 0.2) is 5.82 Å². The molecule has 3 nitrogen and oxygen atoms in total. The molecular weight excluding hydrogens is 522 g/mol. The molecule has 2 aromatic heterocycles. The van der Waals surface area contributed by atoms with Crippen LogP contribution in [0.3, 0.4) is 0 Å². The van der Waals surface area contributed by atoms with Crippen LogP contribution in [0.1, 0.15) is 49.9 Å². The Morgan fingerprint density at radius 3 is 1.95 bits per heavy atom. The summed E-state index contributed by atoms with van der Waals surface area (Å²) in [4.78, 5) is 10.7. The maximum Gasteiger partial charge on any atom is 0.162 e.